The van der Waals surface area contributed by atoms with Crippen LogP contribution in [0.15, 0.2) is 0 Å². The Bertz CT molecular complexity index is 19.7. The van der Waals surface area contributed by atoms with Gasteiger partial charge in [0, 0.05) is 19.5 Å². The van der Waals surface area contributed by atoms with E-state index in [2.05, 4.69) is 0 Å². The summed E-state index contributed by atoms with van der Waals surface area (Å²) in [5.41, 5.74) is 0. The van der Waals surface area contributed by atoms with Gasteiger partial charge in [0.2, 0.25) is 0 Å². The summed E-state index contributed by atoms with van der Waals surface area (Å²) in [6, 6.07) is 0. The minimum Gasteiger partial charge on any atom is -1.00 e. The van der Waals surface area contributed by atoms with Crippen molar-refractivity contribution in [1.29, 1.82) is 0 Å². The van der Waals surface area contributed by atoms with Crippen molar-refractivity contribution in [2.24, 2.45) is 0 Å². The van der Waals surface area contributed by atoms with Crippen LogP contribution >= 0.6 is 8.60 Å². The van der Waals surface area contributed by atoms with Crippen LogP contribution in [0, 0.1) is 0 Å². The molecule has 6 heteroatoms. The third kappa shape index (κ3) is 30.9. The zero-order chi connectivity index (χ0) is 3.58. The van der Waals surface area contributed by atoms with Crippen molar-refractivity contribution in [2.45, 2.75) is 0 Å². The predicted octanol–water partition coefficient (Wildman–Crippen LogP) is -3.70. The third-order valence-corrected chi connectivity index (χ3v) is 0. The molecule has 0 aromatic rings. The predicted molar refractivity (Wildman–Crippen MR) is 14.7 cm³/mol. The molecule has 0 aromatic carbocycles. The minimum absolute atomic E-state index is 0. The smallest absolute Gasteiger partial charge is 1.00 e. The molecule has 0 rings (SSSR count). The van der Waals surface area contributed by atoms with Gasteiger partial charge in [0.15, 0.2) is 0 Å². The summed E-state index contributed by atoms with van der Waals surface area (Å²) in [7, 11) is -2.62. The van der Waals surface area contributed by atoms with E-state index >= 15 is 0 Å². The summed E-state index contributed by atoms with van der Waals surface area (Å²) in [6.07, 6.45) is 0. The van der Waals surface area contributed by atoms with E-state index in [1.807, 2.05) is 0 Å². The Hall–Kier alpha value is 2.57. The molecular weight excluding hydrogens is 183 g/mol. The topological polar surface area (TPSA) is 60.7 Å². The SMILES string of the molecule is OP(O)O.[H-].[K+].[Zn]. The Kier molecular flexibility index (Phi) is 27.8. The molecule has 0 radical (unpaired) electrons. The second kappa shape index (κ2) is 10.5. The first-order chi connectivity index (χ1) is 1.73. The van der Waals surface area contributed by atoms with Gasteiger partial charge in [-0.2, -0.15) is 0 Å². The van der Waals surface area contributed by atoms with E-state index in [1.54, 1.807) is 0 Å². The molecule has 3 N–H and O–H groups in total. The number of hydrogen-bond acceptors (Lipinski definition) is 3. The summed E-state index contributed by atoms with van der Waals surface area (Å²) in [5.74, 6) is 0. The molecule has 0 unspecified atom stereocenters. The first kappa shape index (κ1) is 15.8. The largest absolute Gasteiger partial charge is 1.00 e. The average Bonchev–Trinajstić information content (AvgIpc) is 0.811. The van der Waals surface area contributed by atoms with Gasteiger partial charge in [-0.05, 0) is 0 Å². The fourth-order valence-corrected chi connectivity index (χ4v) is 0. The van der Waals surface area contributed by atoms with Crippen molar-refractivity contribution in [3.05, 3.63) is 0 Å². The van der Waals surface area contributed by atoms with E-state index in [0.29, 0.717) is 0 Å². The van der Waals surface area contributed by atoms with Gasteiger partial charge in [0.25, 0.3) is 0 Å². The molecule has 0 aliphatic rings. The fraction of sp³-hybridized carbons (Fsp3) is 0. The molecule has 0 amide bonds. The van der Waals surface area contributed by atoms with E-state index in [9.17, 15) is 0 Å². The molecule has 0 aliphatic carbocycles. The van der Waals surface area contributed by atoms with Crippen molar-refractivity contribution < 1.29 is 87.0 Å². The molecule has 0 saturated carbocycles. The second-order valence-electron chi connectivity index (χ2n) is 0.268. The molecule has 0 fully saturated rings. The van der Waals surface area contributed by atoms with Crippen LogP contribution in [0.3, 0.4) is 0 Å². The van der Waals surface area contributed by atoms with Crippen LogP contribution < -0.4 is 51.4 Å². The van der Waals surface area contributed by atoms with Crippen LogP contribution in [-0.2, 0) is 19.5 Å². The van der Waals surface area contributed by atoms with Crippen LogP contribution in [0.5, 0.6) is 0 Å². The summed E-state index contributed by atoms with van der Waals surface area (Å²) in [6.45, 7) is 0. The van der Waals surface area contributed by atoms with Gasteiger partial charge in [-0.3, -0.25) is 0 Å². The molecule has 0 aromatic heterocycles. The van der Waals surface area contributed by atoms with Gasteiger partial charge < -0.3 is 16.1 Å². The van der Waals surface area contributed by atoms with Crippen LogP contribution in [0.25, 0.3) is 0 Å². The van der Waals surface area contributed by atoms with Crippen LogP contribution in [0.1, 0.15) is 1.43 Å². The molecule has 3 nitrogen and oxygen atoms in total. The van der Waals surface area contributed by atoms with E-state index < -0.39 is 8.60 Å². The zero-order valence-electron chi connectivity index (χ0n) is 4.50. The van der Waals surface area contributed by atoms with Crippen molar-refractivity contribution >= 4 is 8.60 Å². The molecular formula is H4KO3PZn. The van der Waals surface area contributed by atoms with Gasteiger partial charge in [-0.25, -0.2) is 0 Å². The summed E-state index contributed by atoms with van der Waals surface area (Å²) in [5, 5.41) is 0. The van der Waals surface area contributed by atoms with Crippen molar-refractivity contribution in [3.8, 4) is 0 Å². The van der Waals surface area contributed by atoms with Crippen molar-refractivity contribution in [3.63, 3.8) is 0 Å². The normalized spacial score (nSPS) is 6.00. The summed E-state index contributed by atoms with van der Waals surface area (Å²) in [4.78, 5) is 21.7. The van der Waals surface area contributed by atoms with Crippen LogP contribution in [-0.4, -0.2) is 14.7 Å². The molecule has 0 saturated heterocycles. The van der Waals surface area contributed by atoms with Gasteiger partial charge in [0.05, 0.1) is 0 Å². The van der Waals surface area contributed by atoms with Gasteiger partial charge in [-0.15, -0.1) is 0 Å². The average molecular weight is 187 g/mol. The third-order valence-electron chi connectivity index (χ3n) is 0. The monoisotopic (exact) mass is 186 g/mol. The van der Waals surface area contributed by atoms with Crippen molar-refractivity contribution in [2.75, 3.05) is 0 Å². The quantitative estimate of drug-likeness (QED) is 0.270. The molecule has 0 heterocycles. The van der Waals surface area contributed by atoms with E-state index in [0.717, 1.165) is 0 Å². The van der Waals surface area contributed by atoms with Crippen LogP contribution in [0.2, 0.25) is 0 Å². The van der Waals surface area contributed by atoms with Gasteiger partial charge in [-0.1, -0.05) is 0 Å². The first-order valence-electron chi connectivity index (χ1n) is 0.600. The van der Waals surface area contributed by atoms with Crippen LogP contribution in [0.4, 0.5) is 0 Å². The first-order valence-corrected chi connectivity index (χ1v) is 1.80. The molecule has 0 bridgehead atoms. The van der Waals surface area contributed by atoms with Gasteiger partial charge >= 0.3 is 60.0 Å². The van der Waals surface area contributed by atoms with Gasteiger partial charge in [0.1, 0.15) is 0 Å². The standard InChI is InChI=1S/K.H3O3P.Zn.H/c;1-4(2)3;;/h;1-3H;;/q+1;;;-1. The Morgan fingerprint density at radius 3 is 1.17 bits per heavy atom. The Balaban J connectivity index is -0.0000000150. The Morgan fingerprint density at radius 1 is 1.17 bits per heavy atom. The molecule has 30 valence electrons. The summed E-state index contributed by atoms with van der Waals surface area (Å²) >= 11 is 0. The van der Waals surface area contributed by atoms with E-state index in [4.69, 9.17) is 14.7 Å². The van der Waals surface area contributed by atoms with E-state index in [-0.39, 0.29) is 72.3 Å². The Morgan fingerprint density at radius 2 is 1.17 bits per heavy atom. The molecule has 6 heavy (non-hydrogen) atoms. The maximum atomic E-state index is 7.23. The molecule has 0 atom stereocenters. The number of rotatable bonds is 0. The molecule has 0 spiro atoms. The van der Waals surface area contributed by atoms with E-state index in [1.165, 1.54) is 0 Å². The fourth-order valence-electron chi connectivity index (χ4n) is 0. The summed E-state index contributed by atoms with van der Waals surface area (Å²) < 4.78 is 0. The molecule has 0 aliphatic heterocycles. The number of hydrogen-bond donors (Lipinski definition) is 3. The maximum Gasteiger partial charge on any atom is 1.00 e. The Labute approximate surface area is 93.8 Å². The second-order valence-corrected chi connectivity index (χ2v) is 0.805. The van der Waals surface area contributed by atoms with Crippen molar-refractivity contribution in [1.82, 2.24) is 0 Å². The zero-order valence-corrected chi connectivity index (χ0v) is 10.5. The minimum atomic E-state index is -2.62. The maximum absolute atomic E-state index is 7.23.